The summed E-state index contributed by atoms with van der Waals surface area (Å²) in [5, 5.41) is 2.73. The van der Waals surface area contributed by atoms with E-state index in [1.165, 1.54) is 6.92 Å². The predicted octanol–water partition coefficient (Wildman–Crippen LogP) is 3.38. The number of carbonyl (C=O) groups is 1. The number of carbonyl (C=O) groups excluding carboxylic acids is 1. The maximum absolute atomic E-state index is 11.0. The molecule has 1 N–H and O–H groups in total. The molecular formula is C16H14N2O2. The summed E-state index contributed by atoms with van der Waals surface area (Å²) in [6.07, 6.45) is 0.658. The van der Waals surface area contributed by atoms with Crippen molar-refractivity contribution in [3.8, 4) is 0 Å². The van der Waals surface area contributed by atoms with E-state index in [2.05, 4.69) is 10.3 Å². The van der Waals surface area contributed by atoms with Crippen LogP contribution in [0, 0.1) is 0 Å². The maximum atomic E-state index is 11.0. The molecular weight excluding hydrogens is 252 g/mol. The molecule has 0 saturated heterocycles. The number of rotatable bonds is 3. The second-order valence-electron chi connectivity index (χ2n) is 4.63. The minimum Gasteiger partial charge on any atom is -0.440 e. The Bertz CT molecular complexity index is 748. The fraction of sp³-hybridized carbons (Fsp3) is 0.125. The van der Waals surface area contributed by atoms with E-state index in [1.54, 1.807) is 6.07 Å². The summed E-state index contributed by atoms with van der Waals surface area (Å²) in [6.45, 7) is 1.48. The molecule has 2 aromatic carbocycles. The Morgan fingerprint density at radius 1 is 1.20 bits per heavy atom. The van der Waals surface area contributed by atoms with E-state index in [0.29, 0.717) is 23.6 Å². The lowest BCUT2D eigenvalue weighted by atomic mass is 10.1. The monoisotopic (exact) mass is 266 g/mol. The molecule has 3 rings (SSSR count). The van der Waals surface area contributed by atoms with Gasteiger partial charge in [0.2, 0.25) is 5.91 Å². The predicted molar refractivity (Wildman–Crippen MR) is 77.6 cm³/mol. The first kappa shape index (κ1) is 12.4. The zero-order valence-electron chi connectivity index (χ0n) is 11.1. The van der Waals surface area contributed by atoms with Gasteiger partial charge in [-0.15, -0.1) is 0 Å². The van der Waals surface area contributed by atoms with Gasteiger partial charge in [0.15, 0.2) is 11.5 Å². The number of oxazole rings is 1. The van der Waals surface area contributed by atoms with Crippen molar-refractivity contribution in [2.24, 2.45) is 0 Å². The fourth-order valence-electron chi connectivity index (χ4n) is 2.10. The lowest BCUT2D eigenvalue weighted by molar-refractivity contribution is -0.114. The lowest BCUT2D eigenvalue weighted by Gasteiger charge is -1.99. The quantitative estimate of drug-likeness (QED) is 0.790. The normalized spacial score (nSPS) is 10.7. The van der Waals surface area contributed by atoms with E-state index in [-0.39, 0.29) is 5.91 Å². The largest absolute Gasteiger partial charge is 0.440 e. The number of benzene rings is 2. The number of nitrogens with one attached hydrogen (secondary N) is 1. The average Bonchev–Trinajstić information content (AvgIpc) is 2.80. The van der Waals surface area contributed by atoms with Crippen LogP contribution >= 0.6 is 0 Å². The van der Waals surface area contributed by atoms with Gasteiger partial charge < -0.3 is 9.73 Å². The highest BCUT2D eigenvalue weighted by Gasteiger charge is 2.07. The Balaban J connectivity index is 1.88. The standard InChI is InChI=1S/C16H14N2O2/c1-11(19)17-13-7-8-14-15(10-13)20-16(18-14)9-12-5-3-2-4-6-12/h2-8,10H,9H2,1H3,(H,17,19). The summed E-state index contributed by atoms with van der Waals surface area (Å²) < 4.78 is 5.73. The Morgan fingerprint density at radius 2 is 2.00 bits per heavy atom. The van der Waals surface area contributed by atoms with Gasteiger partial charge >= 0.3 is 0 Å². The van der Waals surface area contributed by atoms with Crippen molar-refractivity contribution in [2.45, 2.75) is 13.3 Å². The first-order chi connectivity index (χ1) is 9.70. The van der Waals surface area contributed by atoms with E-state index in [1.807, 2.05) is 42.5 Å². The molecule has 0 fully saturated rings. The van der Waals surface area contributed by atoms with Crippen LogP contribution in [0.5, 0.6) is 0 Å². The molecule has 0 aliphatic rings. The van der Waals surface area contributed by atoms with Gasteiger partial charge in [-0.2, -0.15) is 0 Å². The summed E-state index contributed by atoms with van der Waals surface area (Å²) >= 11 is 0. The van der Waals surface area contributed by atoms with Gasteiger partial charge in [0.25, 0.3) is 0 Å². The third-order valence-electron chi connectivity index (χ3n) is 2.95. The van der Waals surface area contributed by atoms with Crippen LogP contribution in [-0.4, -0.2) is 10.9 Å². The average molecular weight is 266 g/mol. The summed E-state index contributed by atoms with van der Waals surface area (Å²) in [6, 6.07) is 15.5. The molecule has 1 amide bonds. The van der Waals surface area contributed by atoms with Gasteiger partial charge in [0.05, 0.1) is 0 Å². The van der Waals surface area contributed by atoms with Crippen molar-refractivity contribution < 1.29 is 9.21 Å². The molecule has 20 heavy (non-hydrogen) atoms. The third-order valence-corrected chi connectivity index (χ3v) is 2.95. The number of hydrogen-bond donors (Lipinski definition) is 1. The Kier molecular flexibility index (Phi) is 3.21. The second-order valence-corrected chi connectivity index (χ2v) is 4.63. The van der Waals surface area contributed by atoms with E-state index in [0.717, 1.165) is 11.1 Å². The lowest BCUT2D eigenvalue weighted by Crippen LogP contribution is -2.05. The molecule has 0 aliphatic heterocycles. The van der Waals surface area contributed by atoms with Crippen LogP contribution in [0.2, 0.25) is 0 Å². The van der Waals surface area contributed by atoms with Gasteiger partial charge in [-0.05, 0) is 17.7 Å². The van der Waals surface area contributed by atoms with E-state index < -0.39 is 0 Å². The van der Waals surface area contributed by atoms with Crippen molar-refractivity contribution >= 4 is 22.7 Å². The first-order valence-electron chi connectivity index (χ1n) is 6.42. The van der Waals surface area contributed by atoms with E-state index >= 15 is 0 Å². The molecule has 0 bridgehead atoms. The van der Waals surface area contributed by atoms with Crippen molar-refractivity contribution in [1.82, 2.24) is 4.98 Å². The molecule has 0 spiro atoms. The molecule has 0 radical (unpaired) electrons. The van der Waals surface area contributed by atoms with Crippen LogP contribution in [0.3, 0.4) is 0 Å². The number of fused-ring (bicyclic) bond motifs is 1. The van der Waals surface area contributed by atoms with Crippen molar-refractivity contribution in [3.05, 3.63) is 60.0 Å². The molecule has 100 valence electrons. The van der Waals surface area contributed by atoms with Crippen molar-refractivity contribution in [1.29, 1.82) is 0 Å². The van der Waals surface area contributed by atoms with Crippen molar-refractivity contribution in [2.75, 3.05) is 5.32 Å². The Hall–Kier alpha value is -2.62. The highest BCUT2D eigenvalue weighted by molar-refractivity contribution is 5.91. The summed E-state index contributed by atoms with van der Waals surface area (Å²) in [5.41, 5.74) is 3.35. The van der Waals surface area contributed by atoms with E-state index in [9.17, 15) is 4.79 Å². The smallest absolute Gasteiger partial charge is 0.221 e. The van der Waals surface area contributed by atoms with Gasteiger partial charge in [0, 0.05) is 25.1 Å². The van der Waals surface area contributed by atoms with Gasteiger partial charge in [-0.1, -0.05) is 30.3 Å². The second kappa shape index (κ2) is 5.17. The van der Waals surface area contributed by atoms with Crippen LogP contribution < -0.4 is 5.32 Å². The molecule has 4 heteroatoms. The zero-order chi connectivity index (χ0) is 13.9. The highest BCUT2D eigenvalue weighted by atomic mass is 16.3. The Morgan fingerprint density at radius 3 is 2.75 bits per heavy atom. The van der Waals surface area contributed by atoms with E-state index in [4.69, 9.17) is 4.42 Å². The first-order valence-corrected chi connectivity index (χ1v) is 6.42. The van der Waals surface area contributed by atoms with Crippen LogP contribution in [0.1, 0.15) is 18.4 Å². The topological polar surface area (TPSA) is 55.1 Å². The summed E-state index contributed by atoms with van der Waals surface area (Å²) in [4.78, 5) is 15.5. The van der Waals surface area contributed by atoms with Gasteiger partial charge in [-0.3, -0.25) is 4.79 Å². The SMILES string of the molecule is CC(=O)Nc1ccc2nc(Cc3ccccc3)oc2c1. The minimum atomic E-state index is -0.103. The zero-order valence-corrected chi connectivity index (χ0v) is 11.1. The minimum absolute atomic E-state index is 0.103. The molecule has 0 saturated carbocycles. The number of nitrogens with zero attached hydrogens (tertiary/aromatic N) is 1. The number of hydrogen-bond acceptors (Lipinski definition) is 3. The number of anilines is 1. The van der Waals surface area contributed by atoms with Crippen LogP contribution in [0.25, 0.3) is 11.1 Å². The maximum Gasteiger partial charge on any atom is 0.221 e. The van der Waals surface area contributed by atoms with Crippen molar-refractivity contribution in [3.63, 3.8) is 0 Å². The molecule has 4 nitrogen and oxygen atoms in total. The Labute approximate surface area is 116 Å². The highest BCUT2D eigenvalue weighted by Crippen LogP contribution is 2.21. The van der Waals surface area contributed by atoms with Crippen LogP contribution in [0.4, 0.5) is 5.69 Å². The molecule has 3 aromatic rings. The van der Waals surface area contributed by atoms with Gasteiger partial charge in [0.1, 0.15) is 5.52 Å². The summed E-state index contributed by atoms with van der Waals surface area (Å²) in [7, 11) is 0. The molecule has 1 heterocycles. The van der Waals surface area contributed by atoms with Crippen LogP contribution in [0.15, 0.2) is 52.9 Å². The summed E-state index contributed by atoms with van der Waals surface area (Å²) in [5.74, 6) is 0.569. The third kappa shape index (κ3) is 2.69. The molecule has 1 aromatic heterocycles. The number of aromatic nitrogens is 1. The molecule has 0 unspecified atom stereocenters. The molecule has 0 atom stereocenters. The van der Waals surface area contributed by atoms with Crippen LogP contribution in [-0.2, 0) is 11.2 Å². The number of amides is 1. The fourth-order valence-corrected chi connectivity index (χ4v) is 2.10. The molecule has 0 aliphatic carbocycles. The van der Waals surface area contributed by atoms with Gasteiger partial charge in [-0.25, -0.2) is 4.98 Å².